The van der Waals surface area contributed by atoms with Crippen LogP contribution in [0.25, 0.3) is 0 Å². The van der Waals surface area contributed by atoms with Crippen LogP contribution >= 0.6 is 0 Å². The molecule has 0 N–H and O–H groups in total. The quantitative estimate of drug-likeness (QED) is 0.517. The van der Waals surface area contributed by atoms with Gasteiger partial charge in [0.05, 0.1) is 0 Å². The van der Waals surface area contributed by atoms with Gasteiger partial charge in [-0.05, 0) is 26.7 Å². The molecule has 0 aliphatic heterocycles. The Morgan fingerprint density at radius 3 is 2.33 bits per heavy atom. The van der Waals surface area contributed by atoms with Crippen molar-refractivity contribution in [3.63, 3.8) is 0 Å². The third kappa shape index (κ3) is 4.19. The standard InChI is InChI=1S/C8H17N/c1-5-7(3)9-8(4)6-2/h7H,5-6H2,1-4H3. The summed E-state index contributed by atoms with van der Waals surface area (Å²) in [5.74, 6) is 0. The van der Waals surface area contributed by atoms with Crippen LogP contribution in [0.5, 0.6) is 0 Å². The lowest BCUT2D eigenvalue weighted by molar-refractivity contribution is 0.714. The van der Waals surface area contributed by atoms with E-state index < -0.39 is 0 Å². The zero-order valence-electron chi connectivity index (χ0n) is 6.94. The van der Waals surface area contributed by atoms with E-state index in [1.807, 2.05) is 0 Å². The predicted octanol–water partition coefficient (Wildman–Crippen LogP) is 2.66. The third-order valence-electron chi connectivity index (χ3n) is 1.54. The summed E-state index contributed by atoms with van der Waals surface area (Å²) in [5, 5.41) is 0. The van der Waals surface area contributed by atoms with Gasteiger partial charge in [0, 0.05) is 11.8 Å². The molecule has 0 aromatic rings. The van der Waals surface area contributed by atoms with Crippen molar-refractivity contribution in [2.45, 2.75) is 46.6 Å². The molecule has 0 saturated carbocycles. The zero-order chi connectivity index (χ0) is 7.28. The summed E-state index contributed by atoms with van der Waals surface area (Å²) in [4.78, 5) is 4.43. The van der Waals surface area contributed by atoms with Crippen molar-refractivity contribution in [1.29, 1.82) is 0 Å². The van der Waals surface area contributed by atoms with Gasteiger partial charge in [-0.15, -0.1) is 0 Å². The van der Waals surface area contributed by atoms with Gasteiger partial charge < -0.3 is 0 Å². The van der Waals surface area contributed by atoms with Gasteiger partial charge >= 0.3 is 0 Å². The van der Waals surface area contributed by atoms with Gasteiger partial charge in [-0.25, -0.2) is 0 Å². The second-order valence-corrected chi connectivity index (χ2v) is 2.48. The fourth-order valence-corrected chi connectivity index (χ4v) is 0.559. The van der Waals surface area contributed by atoms with E-state index in [0.717, 1.165) is 12.8 Å². The highest BCUT2D eigenvalue weighted by atomic mass is 14.8. The van der Waals surface area contributed by atoms with Crippen LogP contribution in [0.4, 0.5) is 0 Å². The fourth-order valence-electron chi connectivity index (χ4n) is 0.559. The number of rotatable bonds is 3. The van der Waals surface area contributed by atoms with Gasteiger partial charge in [0.15, 0.2) is 0 Å². The molecule has 0 heterocycles. The van der Waals surface area contributed by atoms with Crippen LogP contribution in [0.1, 0.15) is 40.5 Å². The lowest BCUT2D eigenvalue weighted by atomic mass is 10.2. The smallest absolute Gasteiger partial charge is 0.0468 e. The number of nitrogens with zero attached hydrogens (tertiary/aromatic N) is 1. The van der Waals surface area contributed by atoms with E-state index in [9.17, 15) is 0 Å². The summed E-state index contributed by atoms with van der Waals surface area (Å²) in [5.41, 5.74) is 1.27. The largest absolute Gasteiger partial charge is 0.291 e. The molecule has 0 aromatic carbocycles. The SMILES string of the molecule is CCC(C)=NC(C)CC. The Kier molecular flexibility index (Phi) is 4.37. The minimum absolute atomic E-state index is 0.518. The van der Waals surface area contributed by atoms with E-state index in [2.05, 4.69) is 32.7 Å². The van der Waals surface area contributed by atoms with Crippen molar-refractivity contribution in [2.24, 2.45) is 4.99 Å². The van der Waals surface area contributed by atoms with Crippen LogP contribution in [0.15, 0.2) is 4.99 Å². The van der Waals surface area contributed by atoms with E-state index in [0.29, 0.717) is 6.04 Å². The molecule has 1 unspecified atom stereocenters. The molecule has 0 fully saturated rings. The Labute approximate surface area is 58.2 Å². The molecule has 0 bridgehead atoms. The molecule has 0 saturated heterocycles. The van der Waals surface area contributed by atoms with Gasteiger partial charge in [-0.1, -0.05) is 13.8 Å². The van der Waals surface area contributed by atoms with Crippen LogP contribution in [0.2, 0.25) is 0 Å². The lowest BCUT2D eigenvalue weighted by Gasteiger charge is -2.02. The maximum Gasteiger partial charge on any atom is 0.0468 e. The van der Waals surface area contributed by atoms with Gasteiger partial charge in [0.2, 0.25) is 0 Å². The minimum atomic E-state index is 0.518. The van der Waals surface area contributed by atoms with E-state index >= 15 is 0 Å². The van der Waals surface area contributed by atoms with E-state index in [4.69, 9.17) is 0 Å². The molecule has 0 aliphatic rings. The van der Waals surface area contributed by atoms with E-state index in [1.165, 1.54) is 5.71 Å². The molecule has 54 valence electrons. The summed E-state index contributed by atoms with van der Waals surface area (Å²) < 4.78 is 0. The van der Waals surface area contributed by atoms with Crippen molar-refractivity contribution in [3.8, 4) is 0 Å². The third-order valence-corrected chi connectivity index (χ3v) is 1.54. The first-order chi connectivity index (χ1) is 4.20. The Morgan fingerprint density at radius 2 is 2.00 bits per heavy atom. The molecule has 9 heavy (non-hydrogen) atoms. The summed E-state index contributed by atoms with van der Waals surface area (Å²) in [6.07, 6.45) is 2.24. The first-order valence-corrected chi connectivity index (χ1v) is 3.74. The molecule has 1 heteroatoms. The van der Waals surface area contributed by atoms with Gasteiger partial charge in [0.25, 0.3) is 0 Å². The van der Waals surface area contributed by atoms with E-state index in [1.54, 1.807) is 0 Å². The highest BCUT2D eigenvalue weighted by Gasteiger charge is 1.92. The fraction of sp³-hybridized carbons (Fsp3) is 0.875. The topological polar surface area (TPSA) is 12.4 Å². The van der Waals surface area contributed by atoms with Gasteiger partial charge in [-0.2, -0.15) is 0 Å². The lowest BCUT2D eigenvalue weighted by Crippen LogP contribution is -1.99. The van der Waals surface area contributed by atoms with Crippen molar-refractivity contribution in [1.82, 2.24) is 0 Å². The van der Waals surface area contributed by atoms with Gasteiger partial charge in [-0.3, -0.25) is 4.99 Å². The molecular weight excluding hydrogens is 110 g/mol. The zero-order valence-corrected chi connectivity index (χ0v) is 6.94. The molecule has 1 atom stereocenters. The van der Waals surface area contributed by atoms with Crippen LogP contribution in [0, 0.1) is 0 Å². The molecule has 0 amide bonds. The summed E-state index contributed by atoms with van der Waals surface area (Å²) >= 11 is 0. The van der Waals surface area contributed by atoms with Crippen molar-refractivity contribution in [2.75, 3.05) is 0 Å². The Hall–Kier alpha value is -0.330. The number of hydrogen-bond acceptors (Lipinski definition) is 1. The summed E-state index contributed by atoms with van der Waals surface area (Å²) in [6.45, 7) is 8.55. The number of aliphatic imine (C=N–C) groups is 1. The number of hydrogen-bond donors (Lipinski definition) is 0. The maximum absolute atomic E-state index is 4.43. The average molecular weight is 127 g/mol. The monoisotopic (exact) mass is 127 g/mol. The van der Waals surface area contributed by atoms with Gasteiger partial charge in [0.1, 0.15) is 0 Å². The van der Waals surface area contributed by atoms with Crippen LogP contribution in [-0.4, -0.2) is 11.8 Å². The molecule has 0 aromatic heterocycles. The molecular formula is C8H17N. The molecule has 0 aliphatic carbocycles. The van der Waals surface area contributed by atoms with Crippen LogP contribution < -0.4 is 0 Å². The second-order valence-electron chi connectivity index (χ2n) is 2.48. The highest BCUT2D eigenvalue weighted by Crippen LogP contribution is 1.96. The summed E-state index contributed by atoms with van der Waals surface area (Å²) in [6, 6.07) is 0.518. The van der Waals surface area contributed by atoms with Crippen molar-refractivity contribution in [3.05, 3.63) is 0 Å². The molecule has 0 rings (SSSR count). The Bertz CT molecular complexity index is 94.7. The maximum atomic E-state index is 4.43. The van der Waals surface area contributed by atoms with Crippen LogP contribution in [-0.2, 0) is 0 Å². The Morgan fingerprint density at radius 1 is 1.44 bits per heavy atom. The normalized spacial score (nSPS) is 15.8. The average Bonchev–Trinajstić information content (AvgIpc) is 1.87. The minimum Gasteiger partial charge on any atom is -0.291 e. The highest BCUT2D eigenvalue weighted by molar-refractivity contribution is 5.81. The van der Waals surface area contributed by atoms with Crippen molar-refractivity contribution < 1.29 is 0 Å². The molecule has 1 nitrogen and oxygen atoms in total. The molecule has 0 radical (unpaired) electrons. The van der Waals surface area contributed by atoms with Crippen LogP contribution in [0.3, 0.4) is 0 Å². The second kappa shape index (κ2) is 4.54. The van der Waals surface area contributed by atoms with Crippen molar-refractivity contribution >= 4 is 5.71 Å². The van der Waals surface area contributed by atoms with E-state index in [-0.39, 0.29) is 0 Å². The molecule has 0 spiro atoms. The first-order valence-electron chi connectivity index (χ1n) is 3.74. The first kappa shape index (κ1) is 8.67. The Balaban J connectivity index is 3.64. The predicted molar refractivity (Wildman–Crippen MR) is 43.2 cm³/mol. The summed E-state index contributed by atoms with van der Waals surface area (Å²) in [7, 11) is 0.